The summed E-state index contributed by atoms with van der Waals surface area (Å²) in [6, 6.07) is 6.19. The Morgan fingerprint density at radius 2 is 1.76 bits per heavy atom. The highest BCUT2D eigenvalue weighted by atomic mass is 16.5. The van der Waals surface area contributed by atoms with Gasteiger partial charge in [-0.25, -0.2) is 4.79 Å². The number of piperazine rings is 1. The lowest BCUT2D eigenvalue weighted by atomic mass is 10.1. The maximum Gasteiger partial charge on any atom is 0.339 e. The first-order valence-corrected chi connectivity index (χ1v) is 9.78. The Morgan fingerprint density at radius 3 is 2.38 bits per heavy atom. The number of nitrogens with one attached hydrogen (secondary N) is 1. The summed E-state index contributed by atoms with van der Waals surface area (Å²) in [6.07, 6.45) is 0. The SMILES string of the molecule is COC(=O)c1c(C)[nH]c(C(=O)N2CCN(Cc3cc(C)ccc3OC)CC2)c1C. The van der Waals surface area contributed by atoms with E-state index in [2.05, 4.69) is 22.9 Å². The van der Waals surface area contributed by atoms with Gasteiger partial charge in [-0.2, -0.15) is 0 Å². The molecule has 29 heavy (non-hydrogen) atoms. The van der Waals surface area contributed by atoms with Crippen molar-refractivity contribution in [1.82, 2.24) is 14.8 Å². The number of aromatic amines is 1. The van der Waals surface area contributed by atoms with Crippen LogP contribution in [0.1, 0.15) is 43.2 Å². The maximum atomic E-state index is 13.0. The van der Waals surface area contributed by atoms with Gasteiger partial charge in [-0.3, -0.25) is 9.69 Å². The van der Waals surface area contributed by atoms with E-state index in [-0.39, 0.29) is 5.91 Å². The van der Waals surface area contributed by atoms with Crippen molar-refractivity contribution in [3.05, 3.63) is 51.8 Å². The van der Waals surface area contributed by atoms with Crippen molar-refractivity contribution >= 4 is 11.9 Å². The molecule has 3 rings (SSSR count). The number of aryl methyl sites for hydroxylation is 2. The van der Waals surface area contributed by atoms with Gasteiger partial charge in [0.1, 0.15) is 11.4 Å². The van der Waals surface area contributed by atoms with Gasteiger partial charge in [-0.15, -0.1) is 0 Å². The number of hydrogen-bond donors (Lipinski definition) is 1. The van der Waals surface area contributed by atoms with E-state index in [4.69, 9.17) is 9.47 Å². The molecule has 7 nitrogen and oxygen atoms in total. The van der Waals surface area contributed by atoms with Crippen LogP contribution in [-0.2, 0) is 11.3 Å². The first-order valence-electron chi connectivity index (χ1n) is 9.78. The Hall–Kier alpha value is -2.80. The number of rotatable bonds is 5. The molecule has 0 saturated carbocycles. The molecule has 7 heteroatoms. The van der Waals surface area contributed by atoms with Crippen LogP contribution in [0.5, 0.6) is 5.75 Å². The number of carbonyl (C=O) groups excluding carboxylic acids is 2. The van der Waals surface area contributed by atoms with Gasteiger partial charge in [0.25, 0.3) is 5.91 Å². The highest BCUT2D eigenvalue weighted by Gasteiger charge is 2.28. The number of nitrogens with zero attached hydrogens (tertiary/aromatic N) is 2. The second-order valence-corrected chi connectivity index (χ2v) is 7.50. The van der Waals surface area contributed by atoms with Crippen LogP contribution in [0.25, 0.3) is 0 Å². The van der Waals surface area contributed by atoms with Crippen LogP contribution in [0.15, 0.2) is 18.2 Å². The summed E-state index contributed by atoms with van der Waals surface area (Å²) in [5, 5.41) is 0. The molecule has 2 aromatic rings. The van der Waals surface area contributed by atoms with Gasteiger partial charge >= 0.3 is 5.97 Å². The lowest BCUT2D eigenvalue weighted by molar-refractivity contribution is 0.0599. The zero-order valence-electron chi connectivity index (χ0n) is 17.8. The Kier molecular flexibility index (Phi) is 6.27. The van der Waals surface area contributed by atoms with Crippen LogP contribution >= 0.6 is 0 Å². The van der Waals surface area contributed by atoms with E-state index in [1.165, 1.54) is 12.7 Å². The van der Waals surface area contributed by atoms with Crippen LogP contribution < -0.4 is 4.74 Å². The minimum absolute atomic E-state index is 0.0754. The van der Waals surface area contributed by atoms with Crippen molar-refractivity contribution in [2.24, 2.45) is 0 Å². The van der Waals surface area contributed by atoms with Crippen LogP contribution in [-0.4, -0.2) is 67.1 Å². The second kappa shape index (κ2) is 8.69. The number of benzene rings is 1. The summed E-state index contributed by atoms with van der Waals surface area (Å²) >= 11 is 0. The molecule has 0 spiro atoms. The van der Waals surface area contributed by atoms with E-state index in [0.29, 0.717) is 35.6 Å². The first kappa shape index (κ1) is 20.9. The number of aromatic nitrogens is 1. The third-order valence-corrected chi connectivity index (χ3v) is 5.53. The van der Waals surface area contributed by atoms with Gasteiger partial charge in [0.15, 0.2) is 0 Å². The molecular formula is C22H29N3O4. The summed E-state index contributed by atoms with van der Waals surface area (Å²) in [5.74, 6) is 0.391. The number of carbonyl (C=O) groups is 2. The fraction of sp³-hybridized carbons (Fsp3) is 0.455. The lowest BCUT2D eigenvalue weighted by Crippen LogP contribution is -2.48. The smallest absolute Gasteiger partial charge is 0.339 e. The summed E-state index contributed by atoms with van der Waals surface area (Å²) in [4.78, 5) is 32.2. The predicted molar refractivity (Wildman–Crippen MR) is 111 cm³/mol. The molecule has 0 radical (unpaired) electrons. The molecule has 1 N–H and O–H groups in total. The van der Waals surface area contributed by atoms with E-state index < -0.39 is 5.97 Å². The average Bonchev–Trinajstić information content (AvgIpc) is 3.01. The zero-order valence-corrected chi connectivity index (χ0v) is 17.8. The Morgan fingerprint density at radius 1 is 1.07 bits per heavy atom. The van der Waals surface area contributed by atoms with Crippen molar-refractivity contribution < 1.29 is 19.1 Å². The normalized spacial score (nSPS) is 14.7. The largest absolute Gasteiger partial charge is 0.496 e. The molecule has 1 amide bonds. The molecule has 1 aromatic carbocycles. The lowest BCUT2D eigenvalue weighted by Gasteiger charge is -2.35. The fourth-order valence-electron chi connectivity index (χ4n) is 3.91. The van der Waals surface area contributed by atoms with Gasteiger partial charge < -0.3 is 19.4 Å². The molecule has 2 heterocycles. The molecule has 1 saturated heterocycles. The van der Waals surface area contributed by atoms with Crippen molar-refractivity contribution in [3.8, 4) is 5.75 Å². The van der Waals surface area contributed by atoms with Crippen LogP contribution in [0.3, 0.4) is 0 Å². The second-order valence-electron chi connectivity index (χ2n) is 7.50. The molecule has 0 aliphatic carbocycles. The van der Waals surface area contributed by atoms with Gasteiger partial charge in [0.2, 0.25) is 0 Å². The predicted octanol–water partition coefficient (Wildman–Crippen LogP) is 2.69. The third kappa shape index (κ3) is 4.29. The highest BCUT2D eigenvalue weighted by molar-refractivity contribution is 6.00. The van der Waals surface area contributed by atoms with Gasteiger partial charge in [0.05, 0.1) is 19.8 Å². The van der Waals surface area contributed by atoms with Gasteiger partial charge in [0, 0.05) is 44.0 Å². The molecule has 1 aliphatic rings. The minimum Gasteiger partial charge on any atom is -0.496 e. The van der Waals surface area contributed by atoms with E-state index in [0.717, 1.165) is 30.9 Å². The number of amides is 1. The standard InChI is InChI=1S/C22H29N3O4/c1-14-6-7-18(28-4)17(12-14)13-24-8-10-25(11-9-24)21(26)20-15(2)19(16(3)23-20)22(27)29-5/h6-7,12,23H,8-11,13H2,1-5H3. The van der Waals surface area contributed by atoms with Crippen molar-refractivity contribution in [3.63, 3.8) is 0 Å². The molecule has 0 unspecified atom stereocenters. The van der Waals surface area contributed by atoms with Crippen molar-refractivity contribution in [2.45, 2.75) is 27.3 Å². The maximum absolute atomic E-state index is 13.0. The first-order chi connectivity index (χ1) is 13.8. The van der Waals surface area contributed by atoms with Crippen LogP contribution in [0.4, 0.5) is 0 Å². The number of ether oxygens (including phenoxy) is 2. The molecule has 0 atom stereocenters. The van der Waals surface area contributed by atoms with Crippen molar-refractivity contribution in [2.75, 3.05) is 40.4 Å². The Bertz CT molecular complexity index is 911. The number of H-pyrrole nitrogens is 1. The number of esters is 1. The summed E-state index contributed by atoms with van der Waals surface area (Å²) in [7, 11) is 3.03. The monoisotopic (exact) mass is 399 g/mol. The summed E-state index contributed by atoms with van der Waals surface area (Å²) < 4.78 is 10.3. The number of hydrogen-bond acceptors (Lipinski definition) is 5. The minimum atomic E-state index is -0.424. The van der Waals surface area contributed by atoms with Gasteiger partial charge in [-0.1, -0.05) is 17.7 Å². The molecule has 156 valence electrons. The average molecular weight is 399 g/mol. The third-order valence-electron chi connectivity index (χ3n) is 5.53. The van der Waals surface area contributed by atoms with Crippen LogP contribution in [0.2, 0.25) is 0 Å². The fourth-order valence-corrected chi connectivity index (χ4v) is 3.91. The Labute approximate surface area is 171 Å². The van der Waals surface area contributed by atoms with E-state index in [1.54, 1.807) is 21.0 Å². The zero-order chi connectivity index (χ0) is 21.1. The molecular weight excluding hydrogens is 370 g/mol. The summed E-state index contributed by atoms with van der Waals surface area (Å²) in [6.45, 7) is 9.27. The molecule has 1 fully saturated rings. The topological polar surface area (TPSA) is 74.9 Å². The van der Waals surface area contributed by atoms with E-state index >= 15 is 0 Å². The Balaban J connectivity index is 1.66. The van der Waals surface area contributed by atoms with Crippen LogP contribution in [0, 0.1) is 20.8 Å². The molecule has 1 aromatic heterocycles. The van der Waals surface area contributed by atoms with Gasteiger partial charge in [-0.05, 0) is 32.4 Å². The molecule has 1 aliphatic heterocycles. The summed E-state index contributed by atoms with van der Waals surface area (Å²) in [5.41, 5.74) is 4.58. The highest BCUT2D eigenvalue weighted by Crippen LogP contribution is 2.23. The number of methoxy groups -OCH3 is 2. The van der Waals surface area contributed by atoms with Crippen molar-refractivity contribution in [1.29, 1.82) is 0 Å². The molecule has 0 bridgehead atoms. The van der Waals surface area contributed by atoms with E-state index in [9.17, 15) is 9.59 Å². The van der Waals surface area contributed by atoms with E-state index in [1.807, 2.05) is 17.0 Å². The quantitative estimate of drug-likeness (QED) is 0.783.